The lowest BCUT2D eigenvalue weighted by Crippen LogP contribution is -2.13. The predicted molar refractivity (Wildman–Crippen MR) is 86.2 cm³/mol. The molecule has 0 saturated carbocycles. The highest BCUT2D eigenvalue weighted by Gasteiger charge is 2.15. The number of ether oxygens (including phenoxy) is 2. The predicted octanol–water partition coefficient (Wildman–Crippen LogP) is 3.61. The zero-order chi connectivity index (χ0) is 16.2. The summed E-state index contributed by atoms with van der Waals surface area (Å²) in [7, 11) is 0. The lowest BCUT2D eigenvalue weighted by molar-refractivity contribution is -0.112. The number of anilines is 1. The molecular formula is C17H11ClN2O3. The smallest absolute Gasteiger partial charge is 0.266 e. The van der Waals surface area contributed by atoms with E-state index >= 15 is 0 Å². The molecule has 1 aliphatic rings. The van der Waals surface area contributed by atoms with Gasteiger partial charge >= 0.3 is 0 Å². The Bertz CT molecular complexity index is 840. The van der Waals surface area contributed by atoms with Crippen molar-refractivity contribution in [2.75, 3.05) is 12.1 Å². The minimum absolute atomic E-state index is 0.0456. The van der Waals surface area contributed by atoms with Gasteiger partial charge in [-0.2, -0.15) is 5.26 Å². The van der Waals surface area contributed by atoms with E-state index in [-0.39, 0.29) is 12.4 Å². The van der Waals surface area contributed by atoms with Gasteiger partial charge in [0.2, 0.25) is 6.79 Å². The zero-order valence-electron chi connectivity index (χ0n) is 11.9. The fourth-order valence-corrected chi connectivity index (χ4v) is 2.26. The maximum absolute atomic E-state index is 12.2. The van der Waals surface area contributed by atoms with Crippen LogP contribution in [0, 0.1) is 11.3 Å². The number of amides is 1. The molecule has 0 saturated heterocycles. The molecule has 1 heterocycles. The average Bonchev–Trinajstić information content (AvgIpc) is 3.01. The first-order valence-electron chi connectivity index (χ1n) is 6.75. The van der Waals surface area contributed by atoms with Crippen molar-refractivity contribution < 1.29 is 14.3 Å². The molecular weight excluding hydrogens is 316 g/mol. The molecule has 23 heavy (non-hydrogen) atoms. The molecule has 1 amide bonds. The van der Waals surface area contributed by atoms with Crippen molar-refractivity contribution in [3.8, 4) is 17.6 Å². The molecule has 1 aliphatic heterocycles. The van der Waals surface area contributed by atoms with Crippen molar-refractivity contribution in [2.45, 2.75) is 0 Å². The summed E-state index contributed by atoms with van der Waals surface area (Å²) in [5.74, 6) is 0.651. The summed E-state index contributed by atoms with van der Waals surface area (Å²) in [4.78, 5) is 12.2. The summed E-state index contributed by atoms with van der Waals surface area (Å²) in [5, 5.41) is 12.3. The van der Waals surface area contributed by atoms with E-state index in [2.05, 4.69) is 5.32 Å². The lowest BCUT2D eigenvalue weighted by atomic mass is 10.1. The van der Waals surface area contributed by atoms with Gasteiger partial charge in [-0.05, 0) is 29.8 Å². The first kappa shape index (κ1) is 14.9. The van der Waals surface area contributed by atoms with Crippen LogP contribution < -0.4 is 14.8 Å². The quantitative estimate of drug-likeness (QED) is 0.691. The second-order valence-corrected chi connectivity index (χ2v) is 5.12. The molecule has 5 nitrogen and oxygen atoms in total. The van der Waals surface area contributed by atoms with E-state index in [0.29, 0.717) is 27.8 Å². The number of nitrogens with zero attached hydrogens (tertiary/aromatic N) is 1. The Morgan fingerprint density at radius 2 is 2.00 bits per heavy atom. The van der Waals surface area contributed by atoms with E-state index in [1.54, 1.807) is 42.5 Å². The van der Waals surface area contributed by atoms with Crippen molar-refractivity contribution >= 4 is 29.3 Å². The number of hydrogen-bond donors (Lipinski definition) is 1. The largest absolute Gasteiger partial charge is 0.454 e. The first-order valence-corrected chi connectivity index (χ1v) is 7.12. The number of hydrogen-bond acceptors (Lipinski definition) is 4. The lowest BCUT2D eigenvalue weighted by Gasteiger charge is -2.06. The summed E-state index contributed by atoms with van der Waals surface area (Å²) >= 11 is 6.04. The Kier molecular flexibility index (Phi) is 4.18. The highest BCUT2D eigenvalue weighted by atomic mass is 35.5. The molecule has 0 spiro atoms. The van der Waals surface area contributed by atoms with Crippen LogP contribution in [0.2, 0.25) is 5.02 Å². The van der Waals surface area contributed by atoms with Crippen molar-refractivity contribution in [3.05, 3.63) is 58.6 Å². The van der Waals surface area contributed by atoms with Crippen LogP contribution in [0.3, 0.4) is 0 Å². The molecule has 0 aromatic heterocycles. The van der Waals surface area contributed by atoms with Crippen molar-refractivity contribution in [2.24, 2.45) is 0 Å². The van der Waals surface area contributed by atoms with Gasteiger partial charge in [0.25, 0.3) is 5.91 Å². The van der Waals surface area contributed by atoms with Crippen LogP contribution in [0.1, 0.15) is 5.56 Å². The number of halogens is 1. The molecule has 0 atom stereocenters. The van der Waals surface area contributed by atoms with Gasteiger partial charge in [0.1, 0.15) is 11.6 Å². The number of nitrogens with one attached hydrogen (secondary N) is 1. The molecule has 0 fully saturated rings. The van der Waals surface area contributed by atoms with Gasteiger partial charge in [0.05, 0.1) is 0 Å². The van der Waals surface area contributed by atoms with Crippen LogP contribution in [-0.2, 0) is 4.79 Å². The maximum atomic E-state index is 12.2. The minimum atomic E-state index is -0.522. The van der Waals surface area contributed by atoms with Crippen LogP contribution >= 0.6 is 11.6 Å². The second-order valence-electron chi connectivity index (χ2n) is 4.71. The van der Waals surface area contributed by atoms with Gasteiger partial charge in [-0.3, -0.25) is 4.79 Å². The molecule has 2 aromatic carbocycles. The Morgan fingerprint density at radius 1 is 1.22 bits per heavy atom. The van der Waals surface area contributed by atoms with E-state index in [1.165, 1.54) is 6.08 Å². The minimum Gasteiger partial charge on any atom is -0.454 e. The molecule has 3 rings (SSSR count). The average molecular weight is 327 g/mol. The van der Waals surface area contributed by atoms with Gasteiger partial charge in [-0.15, -0.1) is 0 Å². The SMILES string of the molecule is N#C/C(=C\c1ccccc1Cl)C(=O)Nc1ccc2c(c1)OCO2. The summed E-state index contributed by atoms with van der Waals surface area (Å²) < 4.78 is 10.5. The number of carbonyl (C=O) groups excluding carboxylic acids is 1. The summed E-state index contributed by atoms with van der Waals surface area (Å²) in [6, 6.07) is 13.9. The fourth-order valence-electron chi connectivity index (χ4n) is 2.07. The number of fused-ring (bicyclic) bond motifs is 1. The molecule has 6 heteroatoms. The summed E-state index contributed by atoms with van der Waals surface area (Å²) in [6.45, 7) is 0.155. The van der Waals surface area contributed by atoms with Crippen molar-refractivity contribution in [1.29, 1.82) is 5.26 Å². The van der Waals surface area contributed by atoms with Crippen LogP contribution in [0.25, 0.3) is 6.08 Å². The highest BCUT2D eigenvalue weighted by Crippen LogP contribution is 2.34. The van der Waals surface area contributed by atoms with Crippen molar-refractivity contribution in [1.82, 2.24) is 0 Å². The third-order valence-electron chi connectivity index (χ3n) is 3.20. The molecule has 0 unspecified atom stereocenters. The third kappa shape index (κ3) is 3.28. The van der Waals surface area contributed by atoms with Gasteiger partial charge in [-0.25, -0.2) is 0 Å². The van der Waals surface area contributed by atoms with E-state index in [0.717, 1.165) is 0 Å². The Morgan fingerprint density at radius 3 is 2.78 bits per heavy atom. The van der Waals surface area contributed by atoms with Gasteiger partial charge in [-0.1, -0.05) is 29.8 Å². The van der Waals surface area contributed by atoms with Crippen LogP contribution in [0.4, 0.5) is 5.69 Å². The first-order chi connectivity index (χ1) is 11.2. The van der Waals surface area contributed by atoms with E-state index in [4.69, 9.17) is 21.1 Å². The van der Waals surface area contributed by atoms with E-state index in [1.807, 2.05) is 6.07 Å². The molecule has 1 N–H and O–H groups in total. The molecule has 0 radical (unpaired) electrons. The number of benzene rings is 2. The van der Waals surface area contributed by atoms with Gasteiger partial charge < -0.3 is 14.8 Å². The van der Waals surface area contributed by atoms with E-state index < -0.39 is 5.91 Å². The summed E-state index contributed by atoms with van der Waals surface area (Å²) in [5.41, 5.74) is 1.07. The van der Waals surface area contributed by atoms with Crippen molar-refractivity contribution in [3.63, 3.8) is 0 Å². The second kappa shape index (κ2) is 6.42. The number of rotatable bonds is 3. The molecule has 0 aliphatic carbocycles. The topological polar surface area (TPSA) is 71.4 Å². The standard InChI is InChI=1S/C17H11ClN2O3/c18-14-4-2-1-3-11(14)7-12(9-19)17(21)20-13-5-6-15-16(8-13)23-10-22-15/h1-8H,10H2,(H,20,21)/b12-7+. The van der Waals surface area contributed by atoms with E-state index in [9.17, 15) is 10.1 Å². The maximum Gasteiger partial charge on any atom is 0.266 e. The highest BCUT2D eigenvalue weighted by molar-refractivity contribution is 6.32. The molecule has 0 bridgehead atoms. The van der Waals surface area contributed by atoms with Gasteiger partial charge in [0, 0.05) is 16.8 Å². The monoisotopic (exact) mass is 326 g/mol. The number of carbonyl (C=O) groups is 1. The Labute approximate surface area is 137 Å². The summed E-state index contributed by atoms with van der Waals surface area (Å²) in [6.07, 6.45) is 1.45. The Balaban J connectivity index is 1.81. The molecule has 114 valence electrons. The van der Waals surface area contributed by atoms with Crippen LogP contribution in [-0.4, -0.2) is 12.7 Å². The zero-order valence-corrected chi connectivity index (χ0v) is 12.6. The number of nitriles is 1. The third-order valence-corrected chi connectivity index (χ3v) is 3.54. The van der Waals surface area contributed by atoms with Crippen LogP contribution in [0.15, 0.2) is 48.0 Å². The fraction of sp³-hybridized carbons (Fsp3) is 0.0588. The Hall–Kier alpha value is -2.97. The van der Waals surface area contributed by atoms with Crippen LogP contribution in [0.5, 0.6) is 11.5 Å². The molecule has 2 aromatic rings. The van der Waals surface area contributed by atoms with Gasteiger partial charge in [0.15, 0.2) is 11.5 Å². The normalized spacial score (nSPS) is 12.6.